The zero-order valence-corrected chi connectivity index (χ0v) is 14.3. The summed E-state index contributed by atoms with van der Waals surface area (Å²) in [7, 11) is 0. The smallest absolute Gasteiger partial charge is 0.268 e. The molecule has 0 bridgehead atoms. The Kier molecular flexibility index (Phi) is 4.82. The van der Waals surface area contributed by atoms with Crippen LogP contribution in [0.3, 0.4) is 0 Å². The molecule has 0 aliphatic heterocycles. The number of aromatic nitrogens is 1. The van der Waals surface area contributed by atoms with Gasteiger partial charge < -0.3 is 4.74 Å². The third kappa shape index (κ3) is 3.82. The highest BCUT2D eigenvalue weighted by Gasteiger charge is 2.07. The molecule has 1 heterocycles. The summed E-state index contributed by atoms with van der Waals surface area (Å²) in [5.41, 5.74) is 1.16. The Labute approximate surface area is 140 Å². The molecule has 0 aliphatic rings. The van der Waals surface area contributed by atoms with Crippen LogP contribution in [0.2, 0.25) is 0 Å². The van der Waals surface area contributed by atoms with Crippen LogP contribution >= 0.6 is 11.5 Å². The summed E-state index contributed by atoms with van der Waals surface area (Å²) in [6.45, 7) is 5.69. The SMILES string of the molecule is CC(C)CCOc1cccc(Cn2sc3ccccc3c2=O)c1. The van der Waals surface area contributed by atoms with Gasteiger partial charge in [0, 0.05) is 0 Å². The summed E-state index contributed by atoms with van der Waals surface area (Å²) in [6, 6.07) is 15.8. The lowest BCUT2D eigenvalue weighted by molar-refractivity contribution is 0.289. The standard InChI is InChI=1S/C19H21NO2S/c1-14(2)10-11-22-16-7-5-6-15(12-16)13-20-19(21)17-8-3-4-9-18(17)23-20/h3-9,12,14H,10-11,13H2,1-2H3. The van der Waals surface area contributed by atoms with Gasteiger partial charge in [-0.25, -0.2) is 0 Å². The molecule has 0 saturated carbocycles. The maximum absolute atomic E-state index is 12.4. The largest absolute Gasteiger partial charge is 0.494 e. The predicted molar refractivity (Wildman–Crippen MR) is 96.6 cm³/mol. The number of benzene rings is 2. The third-order valence-electron chi connectivity index (χ3n) is 3.74. The van der Waals surface area contributed by atoms with Crippen LogP contribution in [0.5, 0.6) is 5.75 Å². The molecular formula is C19H21NO2S. The topological polar surface area (TPSA) is 31.2 Å². The van der Waals surface area contributed by atoms with Gasteiger partial charge in [0.25, 0.3) is 5.56 Å². The fourth-order valence-electron chi connectivity index (χ4n) is 2.43. The van der Waals surface area contributed by atoms with Gasteiger partial charge in [-0.15, -0.1) is 0 Å². The van der Waals surface area contributed by atoms with Crippen LogP contribution in [-0.4, -0.2) is 10.6 Å². The average Bonchev–Trinajstić information content (AvgIpc) is 2.84. The highest BCUT2D eigenvalue weighted by molar-refractivity contribution is 7.13. The van der Waals surface area contributed by atoms with E-state index in [9.17, 15) is 4.79 Å². The first-order chi connectivity index (χ1) is 11.1. The molecule has 0 aliphatic carbocycles. The third-order valence-corrected chi connectivity index (χ3v) is 4.81. The van der Waals surface area contributed by atoms with Gasteiger partial charge in [0.15, 0.2) is 0 Å². The van der Waals surface area contributed by atoms with Crippen molar-refractivity contribution in [1.29, 1.82) is 0 Å². The summed E-state index contributed by atoms with van der Waals surface area (Å²) in [5.74, 6) is 1.51. The van der Waals surface area contributed by atoms with E-state index in [0.717, 1.165) is 34.4 Å². The maximum Gasteiger partial charge on any atom is 0.268 e. The molecule has 3 nitrogen and oxygen atoms in total. The van der Waals surface area contributed by atoms with E-state index < -0.39 is 0 Å². The summed E-state index contributed by atoms with van der Waals surface area (Å²) >= 11 is 1.51. The van der Waals surface area contributed by atoms with Gasteiger partial charge in [-0.3, -0.25) is 8.75 Å². The van der Waals surface area contributed by atoms with E-state index in [-0.39, 0.29) is 5.56 Å². The molecule has 3 aromatic rings. The van der Waals surface area contributed by atoms with Crippen LogP contribution in [0.1, 0.15) is 25.8 Å². The summed E-state index contributed by atoms with van der Waals surface area (Å²) in [5, 5.41) is 0.793. The van der Waals surface area contributed by atoms with Crippen molar-refractivity contribution in [3.05, 3.63) is 64.4 Å². The second-order valence-corrected chi connectivity index (χ2v) is 7.17. The number of nitrogens with zero attached hydrogens (tertiary/aromatic N) is 1. The van der Waals surface area contributed by atoms with Crippen LogP contribution in [-0.2, 0) is 6.54 Å². The fourth-order valence-corrected chi connectivity index (χ4v) is 3.46. The van der Waals surface area contributed by atoms with Crippen molar-refractivity contribution in [1.82, 2.24) is 3.96 Å². The molecule has 0 amide bonds. The molecule has 0 unspecified atom stereocenters. The monoisotopic (exact) mass is 327 g/mol. The van der Waals surface area contributed by atoms with Crippen molar-refractivity contribution in [3.63, 3.8) is 0 Å². The molecular weight excluding hydrogens is 306 g/mol. The normalized spacial score (nSPS) is 11.3. The lowest BCUT2D eigenvalue weighted by Gasteiger charge is -2.09. The second-order valence-electron chi connectivity index (χ2n) is 6.11. The number of ether oxygens (including phenoxy) is 1. The molecule has 0 spiro atoms. The number of fused-ring (bicyclic) bond motifs is 1. The molecule has 4 heteroatoms. The number of rotatable bonds is 6. The van der Waals surface area contributed by atoms with Crippen LogP contribution < -0.4 is 10.3 Å². The van der Waals surface area contributed by atoms with Crippen LogP contribution in [0.15, 0.2) is 53.3 Å². The van der Waals surface area contributed by atoms with E-state index in [2.05, 4.69) is 13.8 Å². The molecule has 1 aromatic heterocycles. The van der Waals surface area contributed by atoms with Crippen molar-refractivity contribution < 1.29 is 4.74 Å². The van der Waals surface area contributed by atoms with E-state index >= 15 is 0 Å². The van der Waals surface area contributed by atoms with Gasteiger partial charge >= 0.3 is 0 Å². The Morgan fingerprint density at radius 3 is 2.74 bits per heavy atom. The Morgan fingerprint density at radius 1 is 1.13 bits per heavy atom. The van der Waals surface area contributed by atoms with Crippen molar-refractivity contribution >= 4 is 21.6 Å². The molecule has 2 aromatic carbocycles. The Bertz CT molecular complexity index is 848. The van der Waals surface area contributed by atoms with Crippen molar-refractivity contribution in [2.75, 3.05) is 6.61 Å². The minimum absolute atomic E-state index is 0.0803. The summed E-state index contributed by atoms with van der Waals surface area (Å²) in [4.78, 5) is 12.4. The van der Waals surface area contributed by atoms with Crippen LogP contribution in [0.25, 0.3) is 10.1 Å². The molecule has 23 heavy (non-hydrogen) atoms. The van der Waals surface area contributed by atoms with E-state index in [0.29, 0.717) is 12.5 Å². The van der Waals surface area contributed by atoms with Gasteiger partial charge in [-0.05, 0) is 42.2 Å². The molecule has 0 N–H and O–H groups in total. The average molecular weight is 327 g/mol. The molecule has 0 atom stereocenters. The summed E-state index contributed by atoms with van der Waals surface area (Å²) in [6.07, 6.45) is 1.04. The molecule has 120 valence electrons. The highest BCUT2D eigenvalue weighted by atomic mass is 32.1. The minimum Gasteiger partial charge on any atom is -0.494 e. The van der Waals surface area contributed by atoms with Crippen molar-refractivity contribution in [2.45, 2.75) is 26.8 Å². The Balaban J connectivity index is 1.76. The minimum atomic E-state index is 0.0803. The van der Waals surface area contributed by atoms with E-state index in [1.54, 1.807) is 3.96 Å². The second kappa shape index (κ2) is 7.01. The molecule has 0 saturated heterocycles. The molecule has 0 radical (unpaired) electrons. The van der Waals surface area contributed by atoms with Gasteiger partial charge in [0.05, 0.1) is 23.2 Å². The molecule has 0 fully saturated rings. The van der Waals surface area contributed by atoms with Gasteiger partial charge in [0.2, 0.25) is 0 Å². The number of hydrogen-bond acceptors (Lipinski definition) is 3. The maximum atomic E-state index is 12.4. The summed E-state index contributed by atoms with van der Waals surface area (Å²) < 4.78 is 8.63. The van der Waals surface area contributed by atoms with E-state index in [1.807, 2.05) is 48.5 Å². The van der Waals surface area contributed by atoms with Gasteiger partial charge in [-0.1, -0.05) is 49.6 Å². The Morgan fingerprint density at radius 2 is 1.96 bits per heavy atom. The quantitative estimate of drug-likeness (QED) is 0.666. The first-order valence-corrected chi connectivity index (χ1v) is 8.71. The lowest BCUT2D eigenvalue weighted by atomic mass is 10.1. The van der Waals surface area contributed by atoms with Crippen LogP contribution in [0, 0.1) is 5.92 Å². The fraction of sp³-hybridized carbons (Fsp3) is 0.316. The lowest BCUT2D eigenvalue weighted by Crippen LogP contribution is -2.13. The number of hydrogen-bond donors (Lipinski definition) is 0. The predicted octanol–water partition coefficient (Wildman–Crippen LogP) is 4.54. The Hall–Kier alpha value is -2.07. The van der Waals surface area contributed by atoms with Gasteiger partial charge in [-0.2, -0.15) is 0 Å². The van der Waals surface area contributed by atoms with E-state index in [1.165, 1.54) is 11.5 Å². The van der Waals surface area contributed by atoms with Gasteiger partial charge in [0.1, 0.15) is 5.75 Å². The molecule has 3 rings (SSSR count). The highest BCUT2D eigenvalue weighted by Crippen LogP contribution is 2.19. The first-order valence-electron chi connectivity index (χ1n) is 7.94. The van der Waals surface area contributed by atoms with Crippen molar-refractivity contribution in [3.8, 4) is 5.75 Å². The zero-order chi connectivity index (χ0) is 16.2. The van der Waals surface area contributed by atoms with Crippen molar-refractivity contribution in [2.24, 2.45) is 5.92 Å². The zero-order valence-electron chi connectivity index (χ0n) is 13.5. The first kappa shape index (κ1) is 15.8. The van der Waals surface area contributed by atoms with Crippen LogP contribution in [0.4, 0.5) is 0 Å². The van der Waals surface area contributed by atoms with E-state index in [4.69, 9.17) is 4.74 Å².